The van der Waals surface area contributed by atoms with Gasteiger partial charge in [0.05, 0.1) is 0 Å². The molecule has 0 unspecified atom stereocenters. The summed E-state index contributed by atoms with van der Waals surface area (Å²) in [4.78, 5) is 25.8. The van der Waals surface area contributed by atoms with Crippen molar-refractivity contribution in [3.05, 3.63) is 59.7 Å². The molecule has 3 heterocycles. The van der Waals surface area contributed by atoms with Crippen LogP contribution >= 0.6 is 0 Å². The van der Waals surface area contributed by atoms with Crippen molar-refractivity contribution in [3.8, 4) is 0 Å². The first-order chi connectivity index (χ1) is 14.2. The zero-order valence-electron chi connectivity index (χ0n) is 17.2. The molecule has 0 bridgehead atoms. The van der Waals surface area contributed by atoms with Gasteiger partial charge in [-0.1, -0.05) is 30.3 Å². The van der Waals surface area contributed by atoms with E-state index in [1.54, 1.807) is 7.11 Å². The van der Waals surface area contributed by atoms with Crippen molar-refractivity contribution < 1.29 is 9.53 Å². The molecule has 2 saturated heterocycles. The van der Waals surface area contributed by atoms with Crippen LogP contribution in [-0.2, 0) is 29.2 Å². The molecule has 0 aliphatic carbocycles. The lowest BCUT2D eigenvalue weighted by molar-refractivity contribution is -0.140. The lowest BCUT2D eigenvalue weighted by Gasteiger charge is -2.47. The van der Waals surface area contributed by atoms with Gasteiger partial charge in [-0.05, 0) is 43.3 Å². The molecule has 4 rings (SSSR count). The van der Waals surface area contributed by atoms with E-state index in [0.717, 1.165) is 63.4 Å². The average molecular weight is 395 g/mol. The Hall–Kier alpha value is -2.31. The molecule has 2 fully saturated rings. The third kappa shape index (κ3) is 5.00. The predicted molar refractivity (Wildman–Crippen MR) is 111 cm³/mol. The van der Waals surface area contributed by atoms with Crippen LogP contribution in [0.1, 0.15) is 42.6 Å². The number of ether oxygens (including phenoxy) is 1. The van der Waals surface area contributed by atoms with Crippen LogP contribution in [0.4, 0.5) is 0 Å². The van der Waals surface area contributed by atoms with Gasteiger partial charge in [-0.25, -0.2) is 9.97 Å². The molecule has 1 aromatic carbocycles. The Labute approximate surface area is 172 Å². The molecule has 0 N–H and O–H groups in total. The van der Waals surface area contributed by atoms with Gasteiger partial charge in [0.25, 0.3) is 0 Å². The summed E-state index contributed by atoms with van der Waals surface area (Å²) in [5.74, 6) is 1.02. The summed E-state index contributed by atoms with van der Waals surface area (Å²) in [7, 11) is 1.65. The van der Waals surface area contributed by atoms with Gasteiger partial charge in [-0.15, -0.1) is 0 Å². The molecule has 6 heteroatoms. The standard InChI is InChI=1S/C23H30N4O2/c1-29-17-21-24-13-20(14-25-21)15-26-11-9-23(10-12-26)8-7-22(28)27(18-23)16-19-5-3-2-4-6-19/h2-6,13-14H,7-12,15-18H2,1H3. The molecule has 2 aromatic rings. The summed E-state index contributed by atoms with van der Waals surface area (Å²) in [5, 5.41) is 0. The minimum atomic E-state index is 0.276. The number of benzene rings is 1. The average Bonchev–Trinajstić information content (AvgIpc) is 2.75. The van der Waals surface area contributed by atoms with E-state index in [-0.39, 0.29) is 5.41 Å². The number of amides is 1. The molecule has 1 aromatic heterocycles. The van der Waals surface area contributed by atoms with Crippen molar-refractivity contribution >= 4 is 5.91 Å². The highest BCUT2D eigenvalue weighted by Gasteiger charge is 2.40. The fraction of sp³-hybridized carbons (Fsp3) is 0.522. The molecule has 1 spiro atoms. The van der Waals surface area contributed by atoms with E-state index < -0.39 is 0 Å². The van der Waals surface area contributed by atoms with Crippen LogP contribution in [0.15, 0.2) is 42.7 Å². The third-order valence-corrected chi connectivity index (χ3v) is 6.32. The predicted octanol–water partition coefficient (Wildman–Crippen LogP) is 3.03. The first-order valence-electron chi connectivity index (χ1n) is 10.5. The van der Waals surface area contributed by atoms with Crippen molar-refractivity contribution in [3.63, 3.8) is 0 Å². The molecular formula is C23H30N4O2. The molecule has 6 nitrogen and oxygen atoms in total. The zero-order chi connectivity index (χ0) is 20.1. The Balaban J connectivity index is 1.32. The molecule has 2 aliphatic heterocycles. The summed E-state index contributed by atoms with van der Waals surface area (Å²) in [6.07, 6.45) is 7.82. The Morgan fingerprint density at radius 3 is 2.41 bits per heavy atom. The molecule has 0 saturated carbocycles. The maximum absolute atomic E-state index is 12.5. The van der Waals surface area contributed by atoms with E-state index >= 15 is 0 Å². The van der Waals surface area contributed by atoms with Crippen molar-refractivity contribution in [1.82, 2.24) is 19.8 Å². The number of methoxy groups -OCH3 is 1. The monoisotopic (exact) mass is 394 g/mol. The number of piperidine rings is 2. The Kier molecular flexibility index (Phi) is 6.21. The number of carbonyl (C=O) groups excluding carboxylic acids is 1. The fourth-order valence-electron chi connectivity index (χ4n) is 4.57. The lowest BCUT2D eigenvalue weighted by Crippen LogP contribution is -2.51. The Morgan fingerprint density at radius 2 is 1.72 bits per heavy atom. The first-order valence-corrected chi connectivity index (χ1v) is 10.5. The second-order valence-electron chi connectivity index (χ2n) is 8.45. The molecular weight excluding hydrogens is 364 g/mol. The quantitative estimate of drug-likeness (QED) is 0.754. The highest BCUT2D eigenvalue weighted by Crippen LogP contribution is 2.40. The van der Waals surface area contributed by atoms with Gasteiger partial charge in [0.2, 0.25) is 5.91 Å². The minimum absolute atomic E-state index is 0.276. The molecule has 0 atom stereocenters. The molecule has 154 valence electrons. The van der Waals surface area contributed by atoms with Crippen LogP contribution in [0.25, 0.3) is 0 Å². The van der Waals surface area contributed by atoms with Crippen molar-refractivity contribution in [2.24, 2.45) is 5.41 Å². The number of rotatable bonds is 6. The molecule has 0 radical (unpaired) electrons. The minimum Gasteiger partial charge on any atom is -0.377 e. The van der Waals surface area contributed by atoms with Crippen molar-refractivity contribution in [2.45, 2.75) is 45.4 Å². The van der Waals surface area contributed by atoms with E-state index in [2.05, 4.69) is 31.9 Å². The van der Waals surface area contributed by atoms with E-state index in [9.17, 15) is 4.79 Å². The van der Waals surface area contributed by atoms with Crippen LogP contribution in [0, 0.1) is 5.41 Å². The maximum Gasteiger partial charge on any atom is 0.222 e. The van der Waals surface area contributed by atoms with Gasteiger partial charge in [-0.2, -0.15) is 0 Å². The summed E-state index contributed by atoms with van der Waals surface area (Å²) >= 11 is 0. The number of hydrogen-bond acceptors (Lipinski definition) is 5. The van der Waals surface area contributed by atoms with E-state index in [4.69, 9.17) is 4.74 Å². The van der Waals surface area contributed by atoms with E-state index in [1.807, 2.05) is 30.6 Å². The summed E-state index contributed by atoms with van der Waals surface area (Å²) in [6.45, 7) is 5.08. The topological polar surface area (TPSA) is 58.6 Å². The third-order valence-electron chi connectivity index (χ3n) is 6.32. The van der Waals surface area contributed by atoms with Crippen molar-refractivity contribution in [1.29, 1.82) is 0 Å². The van der Waals surface area contributed by atoms with Gasteiger partial charge < -0.3 is 9.64 Å². The largest absolute Gasteiger partial charge is 0.377 e. The highest BCUT2D eigenvalue weighted by molar-refractivity contribution is 5.77. The first kappa shape index (κ1) is 20.0. The molecule has 29 heavy (non-hydrogen) atoms. The second-order valence-corrected chi connectivity index (χ2v) is 8.45. The van der Waals surface area contributed by atoms with Gasteiger partial charge >= 0.3 is 0 Å². The van der Waals surface area contributed by atoms with Crippen LogP contribution in [0.5, 0.6) is 0 Å². The van der Waals surface area contributed by atoms with Gasteiger partial charge in [-0.3, -0.25) is 9.69 Å². The van der Waals surface area contributed by atoms with Crippen LogP contribution in [0.3, 0.4) is 0 Å². The number of aromatic nitrogens is 2. The SMILES string of the molecule is COCc1ncc(CN2CCC3(CCC(=O)N(Cc4ccccc4)C3)CC2)cn1. The second kappa shape index (κ2) is 9.01. The molecule has 2 aliphatic rings. The van der Waals surface area contributed by atoms with E-state index in [0.29, 0.717) is 18.9 Å². The zero-order valence-corrected chi connectivity index (χ0v) is 17.2. The number of likely N-dealkylation sites (tertiary alicyclic amines) is 2. The summed E-state index contributed by atoms with van der Waals surface area (Å²) in [5.41, 5.74) is 2.63. The van der Waals surface area contributed by atoms with Gasteiger partial charge in [0.1, 0.15) is 6.61 Å². The maximum atomic E-state index is 12.5. The van der Waals surface area contributed by atoms with Gasteiger partial charge in [0, 0.05) is 51.1 Å². The number of hydrogen-bond donors (Lipinski definition) is 0. The lowest BCUT2D eigenvalue weighted by atomic mass is 9.72. The smallest absolute Gasteiger partial charge is 0.222 e. The van der Waals surface area contributed by atoms with Crippen LogP contribution < -0.4 is 0 Å². The van der Waals surface area contributed by atoms with Crippen molar-refractivity contribution in [2.75, 3.05) is 26.7 Å². The Bertz CT molecular complexity index is 801. The van der Waals surface area contributed by atoms with Crippen LogP contribution in [-0.4, -0.2) is 52.4 Å². The number of carbonyl (C=O) groups is 1. The number of nitrogens with zero attached hydrogens (tertiary/aromatic N) is 4. The van der Waals surface area contributed by atoms with Gasteiger partial charge in [0.15, 0.2) is 5.82 Å². The summed E-state index contributed by atoms with van der Waals surface area (Å²) < 4.78 is 5.07. The van der Waals surface area contributed by atoms with Crippen LogP contribution in [0.2, 0.25) is 0 Å². The molecule has 1 amide bonds. The Morgan fingerprint density at radius 1 is 1.00 bits per heavy atom. The summed E-state index contributed by atoms with van der Waals surface area (Å²) in [6, 6.07) is 10.3. The normalized spacial score (nSPS) is 19.6. The highest BCUT2D eigenvalue weighted by atomic mass is 16.5. The van der Waals surface area contributed by atoms with E-state index in [1.165, 1.54) is 5.56 Å². The fourth-order valence-corrected chi connectivity index (χ4v) is 4.57.